The highest BCUT2D eigenvalue weighted by molar-refractivity contribution is 9.10. The lowest BCUT2D eigenvalue weighted by Crippen LogP contribution is -2.10. The molecule has 0 amide bonds. The molecule has 0 saturated carbocycles. The van der Waals surface area contributed by atoms with E-state index in [4.69, 9.17) is 0 Å². The largest absolute Gasteiger partial charge is 0.348 e. The summed E-state index contributed by atoms with van der Waals surface area (Å²) in [6.07, 6.45) is 3.96. The molecule has 2 rings (SSSR count). The van der Waals surface area contributed by atoms with Crippen LogP contribution in [-0.2, 0) is 13.0 Å². The quantitative estimate of drug-likeness (QED) is 0.625. The SMILES string of the molecule is Cc1c(Br)cc2n1CCCC2. The van der Waals surface area contributed by atoms with Crippen molar-refractivity contribution < 1.29 is 0 Å². The van der Waals surface area contributed by atoms with E-state index in [2.05, 4.69) is 33.5 Å². The van der Waals surface area contributed by atoms with E-state index in [0.29, 0.717) is 0 Å². The van der Waals surface area contributed by atoms with Crippen molar-refractivity contribution in [3.63, 3.8) is 0 Å². The predicted octanol–water partition coefficient (Wildman–Crippen LogP) is 2.90. The Morgan fingerprint density at radius 3 is 3.00 bits per heavy atom. The van der Waals surface area contributed by atoms with Gasteiger partial charge in [0, 0.05) is 22.4 Å². The summed E-state index contributed by atoms with van der Waals surface area (Å²) >= 11 is 3.56. The lowest BCUT2D eigenvalue weighted by molar-refractivity contribution is 0.524. The first kappa shape index (κ1) is 7.41. The van der Waals surface area contributed by atoms with E-state index in [-0.39, 0.29) is 0 Å². The van der Waals surface area contributed by atoms with Crippen molar-refractivity contribution in [2.24, 2.45) is 0 Å². The Morgan fingerprint density at radius 1 is 1.45 bits per heavy atom. The number of aromatic nitrogens is 1. The molecule has 0 atom stereocenters. The second-order valence-electron chi connectivity index (χ2n) is 3.18. The molecule has 1 aromatic rings. The maximum atomic E-state index is 3.56. The highest BCUT2D eigenvalue weighted by atomic mass is 79.9. The van der Waals surface area contributed by atoms with Gasteiger partial charge in [-0.1, -0.05) is 0 Å². The van der Waals surface area contributed by atoms with Crippen LogP contribution in [-0.4, -0.2) is 4.57 Å². The topological polar surface area (TPSA) is 4.93 Å². The van der Waals surface area contributed by atoms with Crippen molar-refractivity contribution in [2.75, 3.05) is 0 Å². The van der Waals surface area contributed by atoms with Gasteiger partial charge in [-0.15, -0.1) is 0 Å². The van der Waals surface area contributed by atoms with E-state index in [9.17, 15) is 0 Å². The Hall–Kier alpha value is -0.240. The van der Waals surface area contributed by atoms with Gasteiger partial charge in [0.2, 0.25) is 0 Å². The van der Waals surface area contributed by atoms with E-state index in [1.807, 2.05) is 0 Å². The van der Waals surface area contributed by atoms with Crippen molar-refractivity contribution in [3.8, 4) is 0 Å². The second kappa shape index (κ2) is 2.67. The number of fused-ring (bicyclic) bond motifs is 1. The van der Waals surface area contributed by atoms with Gasteiger partial charge in [-0.3, -0.25) is 0 Å². The van der Waals surface area contributed by atoms with Crippen LogP contribution in [0.5, 0.6) is 0 Å². The Morgan fingerprint density at radius 2 is 2.27 bits per heavy atom. The molecule has 0 spiro atoms. The van der Waals surface area contributed by atoms with Gasteiger partial charge >= 0.3 is 0 Å². The third-order valence-electron chi connectivity index (χ3n) is 2.46. The lowest BCUT2D eigenvalue weighted by Gasteiger charge is -2.16. The maximum Gasteiger partial charge on any atom is 0.0384 e. The third kappa shape index (κ3) is 1.13. The molecule has 1 aromatic heterocycles. The predicted molar refractivity (Wildman–Crippen MR) is 49.8 cm³/mol. The normalized spacial score (nSPS) is 16.5. The minimum absolute atomic E-state index is 1.22. The van der Waals surface area contributed by atoms with E-state index in [1.54, 1.807) is 0 Å². The molecule has 0 radical (unpaired) electrons. The van der Waals surface area contributed by atoms with Crippen LogP contribution in [0.3, 0.4) is 0 Å². The number of halogens is 1. The summed E-state index contributed by atoms with van der Waals surface area (Å²) in [4.78, 5) is 0. The molecule has 0 unspecified atom stereocenters. The Kier molecular flexibility index (Phi) is 1.80. The zero-order valence-electron chi connectivity index (χ0n) is 6.73. The van der Waals surface area contributed by atoms with Crippen LogP contribution in [0.2, 0.25) is 0 Å². The summed E-state index contributed by atoms with van der Waals surface area (Å²) in [6.45, 7) is 3.39. The molecular formula is C9H12BrN. The number of rotatable bonds is 0. The Balaban J connectivity index is 2.50. The number of hydrogen-bond acceptors (Lipinski definition) is 0. The van der Waals surface area contributed by atoms with E-state index in [1.165, 1.54) is 41.7 Å². The van der Waals surface area contributed by atoms with Crippen molar-refractivity contribution in [3.05, 3.63) is 21.9 Å². The van der Waals surface area contributed by atoms with Crippen molar-refractivity contribution >= 4 is 15.9 Å². The van der Waals surface area contributed by atoms with Crippen LogP contribution in [0.15, 0.2) is 10.5 Å². The smallest absolute Gasteiger partial charge is 0.0384 e. The van der Waals surface area contributed by atoms with Gasteiger partial charge in [0.05, 0.1) is 0 Å². The van der Waals surface area contributed by atoms with Crippen LogP contribution in [0.25, 0.3) is 0 Å². The molecule has 0 aromatic carbocycles. The van der Waals surface area contributed by atoms with Crippen molar-refractivity contribution in [1.29, 1.82) is 0 Å². The van der Waals surface area contributed by atoms with Gasteiger partial charge in [0.1, 0.15) is 0 Å². The molecular weight excluding hydrogens is 202 g/mol. The summed E-state index contributed by atoms with van der Waals surface area (Å²) in [5, 5.41) is 0. The monoisotopic (exact) mass is 213 g/mol. The van der Waals surface area contributed by atoms with Gasteiger partial charge in [-0.25, -0.2) is 0 Å². The molecule has 2 heteroatoms. The highest BCUT2D eigenvalue weighted by Crippen LogP contribution is 2.25. The first-order chi connectivity index (χ1) is 5.29. The van der Waals surface area contributed by atoms with Crippen LogP contribution >= 0.6 is 15.9 Å². The molecule has 11 heavy (non-hydrogen) atoms. The zero-order chi connectivity index (χ0) is 7.84. The summed E-state index contributed by atoms with van der Waals surface area (Å²) in [7, 11) is 0. The average Bonchev–Trinajstić information content (AvgIpc) is 2.30. The fourth-order valence-corrected chi connectivity index (χ4v) is 2.25. The molecule has 1 aliphatic rings. The molecule has 0 saturated heterocycles. The lowest BCUT2D eigenvalue weighted by atomic mass is 10.1. The Labute approximate surface area is 75.5 Å². The van der Waals surface area contributed by atoms with Gasteiger partial charge < -0.3 is 4.57 Å². The molecule has 0 fully saturated rings. The molecule has 0 aliphatic carbocycles. The van der Waals surface area contributed by atoms with Crippen LogP contribution in [0, 0.1) is 6.92 Å². The van der Waals surface area contributed by atoms with Gasteiger partial charge in [-0.2, -0.15) is 0 Å². The van der Waals surface area contributed by atoms with Crippen molar-refractivity contribution in [2.45, 2.75) is 32.7 Å². The Bertz CT molecular complexity index is 275. The summed E-state index contributed by atoms with van der Waals surface area (Å²) in [6, 6.07) is 2.26. The maximum absolute atomic E-state index is 3.56. The van der Waals surface area contributed by atoms with E-state index < -0.39 is 0 Å². The third-order valence-corrected chi connectivity index (χ3v) is 3.26. The minimum atomic E-state index is 1.22. The first-order valence-corrected chi connectivity index (χ1v) is 4.93. The zero-order valence-corrected chi connectivity index (χ0v) is 8.32. The molecule has 0 N–H and O–H groups in total. The van der Waals surface area contributed by atoms with Crippen LogP contribution < -0.4 is 0 Å². The van der Waals surface area contributed by atoms with Crippen LogP contribution in [0.4, 0.5) is 0 Å². The molecule has 2 heterocycles. The summed E-state index contributed by atoms with van der Waals surface area (Å²) in [5.74, 6) is 0. The van der Waals surface area contributed by atoms with Gasteiger partial charge in [-0.05, 0) is 48.2 Å². The van der Waals surface area contributed by atoms with Gasteiger partial charge in [0.15, 0.2) is 0 Å². The van der Waals surface area contributed by atoms with Crippen LogP contribution in [0.1, 0.15) is 24.2 Å². The average molecular weight is 214 g/mol. The molecule has 1 nitrogen and oxygen atoms in total. The summed E-state index contributed by atoms with van der Waals surface area (Å²) < 4.78 is 3.70. The highest BCUT2D eigenvalue weighted by Gasteiger charge is 2.12. The minimum Gasteiger partial charge on any atom is -0.348 e. The number of aryl methyl sites for hydroxylation is 1. The van der Waals surface area contributed by atoms with Gasteiger partial charge in [0.25, 0.3) is 0 Å². The first-order valence-electron chi connectivity index (χ1n) is 4.13. The number of hydrogen-bond donors (Lipinski definition) is 0. The summed E-state index contributed by atoms with van der Waals surface area (Å²) in [5.41, 5.74) is 2.89. The standard InChI is InChI=1S/C9H12BrN/c1-7-9(10)6-8-4-2-3-5-11(7)8/h6H,2-5H2,1H3. The van der Waals surface area contributed by atoms with E-state index in [0.717, 1.165) is 0 Å². The van der Waals surface area contributed by atoms with Crippen molar-refractivity contribution in [1.82, 2.24) is 4.57 Å². The fourth-order valence-electron chi connectivity index (χ4n) is 1.77. The molecule has 60 valence electrons. The van der Waals surface area contributed by atoms with E-state index >= 15 is 0 Å². The fraction of sp³-hybridized carbons (Fsp3) is 0.556. The molecule has 0 bridgehead atoms. The molecule has 1 aliphatic heterocycles. The second-order valence-corrected chi connectivity index (χ2v) is 4.03. The number of nitrogens with zero attached hydrogens (tertiary/aromatic N) is 1.